The first-order chi connectivity index (χ1) is 15.0. The maximum absolute atomic E-state index is 13.2. The zero-order chi connectivity index (χ0) is 21.7. The standard InChI is InChI=1S/C21H23N5O5/c1-23-12-22-19-18(23)20(28)26(21(29)24(19)2)11-17(27)25-7-3-4-14(25)13-5-6-15-16(10-13)31-9-8-30-15/h5-6,10,12,14H,3-4,7-9,11H2,1-2H3/t14-/m1/s1. The van der Waals surface area contributed by atoms with Crippen molar-refractivity contribution in [2.75, 3.05) is 19.8 Å². The third-order valence-corrected chi connectivity index (χ3v) is 6.02. The fourth-order valence-electron chi connectivity index (χ4n) is 4.44. The van der Waals surface area contributed by atoms with Gasteiger partial charge in [-0.05, 0) is 30.5 Å². The Morgan fingerprint density at radius 1 is 1.16 bits per heavy atom. The van der Waals surface area contributed by atoms with Crippen molar-refractivity contribution >= 4 is 17.1 Å². The third-order valence-electron chi connectivity index (χ3n) is 6.02. The highest BCUT2D eigenvalue weighted by atomic mass is 16.6. The average Bonchev–Trinajstić information content (AvgIpc) is 3.42. The van der Waals surface area contributed by atoms with Gasteiger partial charge in [0.1, 0.15) is 19.8 Å². The van der Waals surface area contributed by atoms with Gasteiger partial charge in [0.2, 0.25) is 5.91 Å². The minimum Gasteiger partial charge on any atom is -0.486 e. The van der Waals surface area contributed by atoms with Crippen molar-refractivity contribution in [1.29, 1.82) is 0 Å². The van der Waals surface area contributed by atoms with E-state index in [2.05, 4.69) is 4.98 Å². The second-order valence-corrected chi connectivity index (χ2v) is 7.91. The van der Waals surface area contributed by atoms with Gasteiger partial charge in [-0.3, -0.25) is 14.2 Å². The first kappa shape index (κ1) is 19.4. The number of likely N-dealkylation sites (tertiary alicyclic amines) is 1. The molecule has 0 aliphatic carbocycles. The molecule has 0 spiro atoms. The lowest BCUT2D eigenvalue weighted by Gasteiger charge is -2.27. The number of carbonyl (C=O) groups excluding carboxylic acids is 1. The van der Waals surface area contributed by atoms with Crippen molar-refractivity contribution in [1.82, 2.24) is 23.6 Å². The van der Waals surface area contributed by atoms with Crippen molar-refractivity contribution < 1.29 is 14.3 Å². The first-order valence-corrected chi connectivity index (χ1v) is 10.3. The minimum absolute atomic E-state index is 0.136. The zero-order valence-electron chi connectivity index (χ0n) is 17.4. The molecule has 162 valence electrons. The summed E-state index contributed by atoms with van der Waals surface area (Å²) < 4.78 is 15.1. The number of imidazole rings is 1. The molecule has 0 radical (unpaired) electrons. The summed E-state index contributed by atoms with van der Waals surface area (Å²) in [5.41, 5.74) is 0.481. The Morgan fingerprint density at radius 2 is 1.94 bits per heavy atom. The van der Waals surface area contributed by atoms with Gasteiger partial charge in [0.25, 0.3) is 5.56 Å². The van der Waals surface area contributed by atoms with Crippen LogP contribution in [0.2, 0.25) is 0 Å². The fraction of sp³-hybridized carbons (Fsp3) is 0.429. The number of amides is 1. The normalized spacial score (nSPS) is 18.0. The van der Waals surface area contributed by atoms with Crippen LogP contribution < -0.4 is 20.7 Å². The van der Waals surface area contributed by atoms with Gasteiger partial charge >= 0.3 is 5.69 Å². The maximum Gasteiger partial charge on any atom is 0.332 e. The number of carbonyl (C=O) groups is 1. The van der Waals surface area contributed by atoms with Crippen LogP contribution in [0.15, 0.2) is 34.1 Å². The van der Waals surface area contributed by atoms with Crippen molar-refractivity contribution in [3.8, 4) is 11.5 Å². The number of aryl methyl sites for hydroxylation is 2. The Bertz CT molecular complexity index is 1300. The Hall–Kier alpha value is -3.56. The lowest BCUT2D eigenvalue weighted by molar-refractivity contribution is -0.132. The highest BCUT2D eigenvalue weighted by molar-refractivity contribution is 5.77. The predicted octanol–water partition coefficient (Wildman–Crippen LogP) is 0.569. The van der Waals surface area contributed by atoms with E-state index >= 15 is 0 Å². The molecule has 10 heteroatoms. The number of hydrogen-bond acceptors (Lipinski definition) is 6. The summed E-state index contributed by atoms with van der Waals surface area (Å²) >= 11 is 0. The van der Waals surface area contributed by atoms with E-state index < -0.39 is 11.2 Å². The smallest absolute Gasteiger partial charge is 0.332 e. The molecule has 2 aliphatic rings. The molecule has 5 rings (SSSR count). The summed E-state index contributed by atoms with van der Waals surface area (Å²) in [6.07, 6.45) is 3.13. The summed E-state index contributed by atoms with van der Waals surface area (Å²) in [6.45, 7) is 1.27. The largest absolute Gasteiger partial charge is 0.486 e. The molecule has 0 saturated carbocycles. The lowest BCUT2D eigenvalue weighted by atomic mass is 10.0. The number of nitrogens with zero attached hydrogens (tertiary/aromatic N) is 5. The van der Waals surface area contributed by atoms with E-state index in [4.69, 9.17) is 9.47 Å². The molecule has 31 heavy (non-hydrogen) atoms. The van der Waals surface area contributed by atoms with Gasteiger partial charge in [-0.1, -0.05) is 6.07 Å². The number of hydrogen-bond donors (Lipinski definition) is 0. The van der Waals surface area contributed by atoms with Gasteiger partial charge in [-0.25, -0.2) is 14.3 Å². The van der Waals surface area contributed by atoms with Crippen LogP contribution in [0.4, 0.5) is 0 Å². The van der Waals surface area contributed by atoms with Crippen LogP contribution in [0.1, 0.15) is 24.4 Å². The Labute approximate surface area is 177 Å². The van der Waals surface area contributed by atoms with E-state index in [9.17, 15) is 14.4 Å². The van der Waals surface area contributed by atoms with Crippen LogP contribution in [-0.4, -0.2) is 49.3 Å². The Morgan fingerprint density at radius 3 is 2.74 bits per heavy atom. The van der Waals surface area contributed by atoms with Crippen molar-refractivity contribution in [3.05, 3.63) is 50.9 Å². The molecule has 1 saturated heterocycles. The van der Waals surface area contributed by atoms with E-state index in [1.165, 1.54) is 10.9 Å². The first-order valence-electron chi connectivity index (χ1n) is 10.3. The van der Waals surface area contributed by atoms with Gasteiger partial charge in [0.05, 0.1) is 12.4 Å². The highest BCUT2D eigenvalue weighted by Gasteiger charge is 2.31. The molecule has 0 N–H and O–H groups in total. The summed E-state index contributed by atoms with van der Waals surface area (Å²) in [5.74, 6) is 1.11. The number of benzene rings is 1. The van der Waals surface area contributed by atoms with Crippen molar-refractivity contribution in [2.24, 2.45) is 14.1 Å². The van der Waals surface area contributed by atoms with Crippen LogP contribution in [0.25, 0.3) is 11.2 Å². The van der Waals surface area contributed by atoms with Crippen LogP contribution in [0.5, 0.6) is 11.5 Å². The van der Waals surface area contributed by atoms with Gasteiger partial charge in [-0.15, -0.1) is 0 Å². The number of fused-ring (bicyclic) bond motifs is 2. The molecular weight excluding hydrogens is 402 g/mol. The van der Waals surface area contributed by atoms with Crippen LogP contribution in [0, 0.1) is 0 Å². The topological polar surface area (TPSA) is 101 Å². The van der Waals surface area contributed by atoms with Crippen LogP contribution in [-0.2, 0) is 25.4 Å². The molecule has 1 atom stereocenters. The third kappa shape index (κ3) is 3.09. The Kier molecular flexibility index (Phi) is 4.57. The van der Waals surface area contributed by atoms with Crippen molar-refractivity contribution in [2.45, 2.75) is 25.4 Å². The summed E-state index contributed by atoms with van der Waals surface area (Å²) in [6, 6.07) is 5.58. The molecule has 1 fully saturated rings. The minimum atomic E-state index is -0.556. The molecule has 4 heterocycles. The summed E-state index contributed by atoms with van der Waals surface area (Å²) in [7, 11) is 3.23. The number of aromatic nitrogens is 4. The molecule has 1 aromatic carbocycles. The van der Waals surface area contributed by atoms with Gasteiger partial charge < -0.3 is 18.9 Å². The molecule has 1 amide bonds. The monoisotopic (exact) mass is 425 g/mol. The van der Waals surface area contributed by atoms with E-state index in [1.807, 2.05) is 18.2 Å². The molecule has 0 bridgehead atoms. The summed E-state index contributed by atoms with van der Waals surface area (Å²) in [4.78, 5) is 44.7. The van der Waals surface area contributed by atoms with Gasteiger partial charge in [0, 0.05) is 20.6 Å². The van der Waals surface area contributed by atoms with Crippen LogP contribution >= 0.6 is 0 Å². The molecule has 0 unspecified atom stereocenters. The van der Waals surface area contributed by atoms with E-state index in [0.717, 1.165) is 23.0 Å². The number of rotatable bonds is 3. The predicted molar refractivity (Wildman–Crippen MR) is 111 cm³/mol. The van der Waals surface area contributed by atoms with E-state index in [1.54, 1.807) is 23.6 Å². The zero-order valence-corrected chi connectivity index (χ0v) is 17.4. The number of ether oxygens (including phenoxy) is 2. The molecule has 3 aromatic rings. The highest BCUT2D eigenvalue weighted by Crippen LogP contribution is 2.38. The molecule has 2 aliphatic heterocycles. The maximum atomic E-state index is 13.2. The van der Waals surface area contributed by atoms with Crippen LogP contribution in [0.3, 0.4) is 0 Å². The van der Waals surface area contributed by atoms with E-state index in [0.29, 0.717) is 42.4 Å². The molecule has 2 aromatic heterocycles. The second kappa shape index (κ2) is 7.29. The SMILES string of the molecule is Cn1cnc2c1c(=O)n(CC(=O)N1CCC[C@@H]1c1ccc3c(c1)OCCO3)c(=O)n2C. The average molecular weight is 425 g/mol. The van der Waals surface area contributed by atoms with Gasteiger partial charge in [-0.2, -0.15) is 0 Å². The van der Waals surface area contributed by atoms with Gasteiger partial charge in [0.15, 0.2) is 22.7 Å². The Balaban J connectivity index is 1.46. The lowest BCUT2D eigenvalue weighted by Crippen LogP contribution is -2.44. The quantitative estimate of drug-likeness (QED) is 0.608. The van der Waals surface area contributed by atoms with E-state index in [-0.39, 0.29) is 18.5 Å². The second-order valence-electron chi connectivity index (χ2n) is 7.91. The molecule has 10 nitrogen and oxygen atoms in total. The fourth-order valence-corrected chi connectivity index (χ4v) is 4.44. The van der Waals surface area contributed by atoms with Crippen molar-refractivity contribution in [3.63, 3.8) is 0 Å². The summed E-state index contributed by atoms with van der Waals surface area (Å²) in [5, 5.41) is 0. The molecular formula is C21H23N5O5.